The highest BCUT2D eigenvalue weighted by Gasteiger charge is 2.24. The van der Waals surface area contributed by atoms with Crippen LogP contribution in [0.5, 0.6) is 11.5 Å². The number of carbonyl (C=O) groups excluding carboxylic acids is 1. The minimum Gasteiger partial charge on any atom is -0.493 e. The number of amides is 1. The SMILES string of the molecule is COc1cc2nc(N3CCN(C(=O)OCc4ccccc4)CC3)nc(N)c2cc1OC.Cl. The second-order valence-electron chi connectivity index (χ2n) is 7.15. The fraction of sp³-hybridized carbons (Fsp3) is 0.318. The number of piperazine rings is 1. The van der Waals surface area contributed by atoms with Crippen molar-refractivity contribution in [1.82, 2.24) is 14.9 Å². The van der Waals surface area contributed by atoms with Crippen LogP contribution in [0.2, 0.25) is 0 Å². The smallest absolute Gasteiger partial charge is 0.410 e. The molecule has 1 saturated heterocycles. The first-order valence-electron chi connectivity index (χ1n) is 9.99. The van der Waals surface area contributed by atoms with E-state index in [1.807, 2.05) is 35.2 Å². The zero-order chi connectivity index (χ0) is 21.8. The van der Waals surface area contributed by atoms with Gasteiger partial charge in [-0.2, -0.15) is 4.98 Å². The van der Waals surface area contributed by atoms with E-state index >= 15 is 0 Å². The number of nitrogens with two attached hydrogens (primary N) is 1. The molecule has 0 aliphatic carbocycles. The molecular formula is C22H26ClN5O4. The average Bonchev–Trinajstić information content (AvgIpc) is 2.82. The first-order valence-corrected chi connectivity index (χ1v) is 9.99. The standard InChI is InChI=1S/C22H25N5O4.ClH/c1-29-18-12-16-17(13-19(18)30-2)24-21(25-20(16)23)26-8-10-27(11-9-26)22(28)31-14-15-6-4-3-5-7-15;/h3-7,12-13H,8-11,14H2,1-2H3,(H2,23,24,25);1H. The number of anilines is 2. The van der Waals surface area contributed by atoms with E-state index in [1.54, 1.807) is 31.3 Å². The van der Waals surface area contributed by atoms with Crippen molar-refractivity contribution in [2.75, 3.05) is 51.0 Å². The van der Waals surface area contributed by atoms with Gasteiger partial charge in [0.2, 0.25) is 5.95 Å². The summed E-state index contributed by atoms with van der Waals surface area (Å²) in [7, 11) is 3.14. The van der Waals surface area contributed by atoms with Crippen LogP contribution in [-0.2, 0) is 11.3 Å². The van der Waals surface area contributed by atoms with Crippen molar-refractivity contribution in [1.29, 1.82) is 0 Å². The van der Waals surface area contributed by atoms with Gasteiger partial charge in [-0.15, -0.1) is 12.4 Å². The van der Waals surface area contributed by atoms with E-state index in [1.165, 1.54) is 0 Å². The van der Waals surface area contributed by atoms with Crippen molar-refractivity contribution in [3.63, 3.8) is 0 Å². The van der Waals surface area contributed by atoms with Crippen LogP contribution in [0, 0.1) is 0 Å². The Labute approximate surface area is 192 Å². The number of methoxy groups -OCH3 is 2. The van der Waals surface area contributed by atoms with Gasteiger partial charge in [-0.05, 0) is 11.6 Å². The molecule has 32 heavy (non-hydrogen) atoms. The number of aromatic nitrogens is 2. The van der Waals surface area contributed by atoms with Crippen molar-refractivity contribution < 1.29 is 19.0 Å². The Morgan fingerprint density at radius 3 is 2.31 bits per heavy atom. The van der Waals surface area contributed by atoms with Gasteiger partial charge in [0.25, 0.3) is 0 Å². The second kappa shape index (κ2) is 10.2. The maximum atomic E-state index is 12.4. The van der Waals surface area contributed by atoms with Crippen LogP contribution in [0.4, 0.5) is 16.6 Å². The van der Waals surface area contributed by atoms with Gasteiger partial charge in [-0.3, -0.25) is 0 Å². The Morgan fingerprint density at radius 2 is 1.66 bits per heavy atom. The number of carbonyl (C=O) groups is 1. The average molecular weight is 460 g/mol. The minimum atomic E-state index is -0.320. The summed E-state index contributed by atoms with van der Waals surface area (Å²) in [6, 6.07) is 13.2. The molecule has 1 aliphatic heterocycles. The third-order valence-electron chi connectivity index (χ3n) is 5.24. The van der Waals surface area contributed by atoms with Gasteiger partial charge in [0, 0.05) is 37.6 Å². The summed E-state index contributed by atoms with van der Waals surface area (Å²) in [4.78, 5) is 25.2. The van der Waals surface area contributed by atoms with Crippen molar-refractivity contribution in [2.45, 2.75) is 6.61 Å². The van der Waals surface area contributed by atoms with Gasteiger partial charge in [-0.1, -0.05) is 30.3 Å². The van der Waals surface area contributed by atoms with Crippen LogP contribution in [0.1, 0.15) is 5.56 Å². The largest absolute Gasteiger partial charge is 0.493 e. The fourth-order valence-electron chi connectivity index (χ4n) is 3.51. The lowest BCUT2D eigenvalue weighted by Gasteiger charge is -2.34. The topological polar surface area (TPSA) is 103 Å². The minimum absolute atomic E-state index is 0. The van der Waals surface area contributed by atoms with Gasteiger partial charge >= 0.3 is 6.09 Å². The lowest BCUT2D eigenvalue weighted by molar-refractivity contribution is 0.0941. The number of nitrogens with zero attached hydrogens (tertiary/aromatic N) is 4. The molecule has 0 saturated carbocycles. The van der Waals surface area contributed by atoms with Gasteiger partial charge in [0.05, 0.1) is 19.7 Å². The molecule has 0 spiro atoms. The summed E-state index contributed by atoms with van der Waals surface area (Å²) in [5, 5.41) is 0.699. The quantitative estimate of drug-likeness (QED) is 0.620. The Bertz CT molecular complexity index is 1070. The third kappa shape index (κ3) is 4.88. The van der Waals surface area contributed by atoms with Crippen molar-refractivity contribution in [2.24, 2.45) is 0 Å². The van der Waals surface area contributed by atoms with E-state index in [2.05, 4.69) is 9.97 Å². The Balaban J connectivity index is 0.00000289. The maximum absolute atomic E-state index is 12.4. The highest BCUT2D eigenvalue weighted by atomic mass is 35.5. The number of rotatable bonds is 5. The van der Waals surface area contributed by atoms with Gasteiger partial charge < -0.3 is 29.7 Å². The molecule has 3 aromatic rings. The highest BCUT2D eigenvalue weighted by Crippen LogP contribution is 2.34. The molecule has 9 nitrogen and oxygen atoms in total. The van der Waals surface area contributed by atoms with Gasteiger partial charge in [0.15, 0.2) is 11.5 Å². The Morgan fingerprint density at radius 1 is 1.00 bits per heavy atom. The molecule has 1 aliphatic rings. The predicted molar refractivity (Wildman–Crippen MR) is 125 cm³/mol. The van der Waals surface area contributed by atoms with Crippen molar-refractivity contribution in [3.05, 3.63) is 48.0 Å². The molecule has 0 unspecified atom stereocenters. The number of fused-ring (bicyclic) bond motifs is 1. The molecule has 10 heteroatoms. The molecule has 1 fully saturated rings. The highest BCUT2D eigenvalue weighted by molar-refractivity contribution is 5.91. The lowest BCUT2D eigenvalue weighted by Crippen LogP contribution is -2.49. The van der Waals surface area contributed by atoms with Crippen molar-refractivity contribution in [3.8, 4) is 11.5 Å². The van der Waals surface area contributed by atoms with Crippen LogP contribution < -0.4 is 20.1 Å². The second-order valence-corrected chi connectivity index (χ2v) is 7.15. The molecule has 2 heterocycles. The molecule has 170 valence electrons. The van der Waals surface area contributed by atoms with E-state index in [-0.39, 0.29) is 25.1 Å². The summed E-state index contributed by atoms with van der Waals surface area (Å²) in [5.41, 5.74) is 7.82. The zero-order valence-electron chi connectivity index (χ0n) is 18.0. The molecule has 1 amide bonds. The first-order chi connectivity index (χ1) is 15.1. The van der Waals surface area contributed by atoms with Crippen LogP contribution in [0.3, 0.4) is 0 Å². The number of benzene rings is 2. The van der Waals surface area contributed by atoms with Crippen LogP contribution in [-0.4, -0.2) is 61.4 Å². The van der Waals surface area contributed by atoms with Crippen LogP contribution >= 0.6 is 12.4 Å². The lowest BCUT2D eigenvalue weighted by atomic mass is 10.2. The van der Waals surface area contributed by atoms with Gasteiger partial charge in [0.1, 0.15) is 12.4 Å². The van der Waals surface area contributed by atoms with Crippen LogP contribution in [0.25, 0.3) is 10.9 Å². The molecule has 4 rings (SSSR count). The van der Waals surface area contributed by atoms with E-state index in [9.17, 15) is 4.79 Å². The van der Waals surface area contributed by atoms with Crippen molar-refractivity contribution >= 4 is 41.2 Å². The monoisotopic (exact) mass is 459 g/mol. The molecule has 0 atom stereocenters. The van der Waals surface area contributed by atoms with E-state index in [4.69, 9.17) is 19.9 Å². The number of halogens is 1. The summed E-state index contributed by atoms with van der Waals surface area (Å²) in [6.45, 7) is 2.45. The molecule has 2 aromatic carbocycles. The number of hydrogen-bond donors (Lipinski definition) is 1. The Hall–Kier alpha value is -3.46. The third-order valence-corrected chi connectivity index (χ3v) is 5.24. The van der Waals surface area contributed by atoms with Crippen LogP contribution in [0.15, 0.2) is 42.5 Å². The number of nitrogen functional groups attached to an aromatic ring is 1. The first kappa shape index (κ1) is 23.2. The van der Waals surface area contributed by atoms with Gasteiger partial charge in [-0.25, -0.2) is 9.78 Å². The summed E-state index contributed by atoms with van der Waals surface area (Å²) in [6.07, 6.45) is -0.320. The molecule has 1 aromatic heterocycles. The predicted octanol–water partition coefficient (Wildman–Crippen LogP) is 3.11. The van der Waals surface area contributed by atoms with E-state index in [0.717, 1.165) is 5.56 Å². The van der Waals surface area contributed by atoms with E-state index < -0.39 is 0 Å². The Kier molecular flexibility index (Phi) is 7.42. The summed E-state index contributed by atoms with van der Waals surface area (Å²) in [5.74, 6) is 2.03. The zero-order valence-corrected chi connectivity index (χ0v) is 18.8. The summed E-state index contributed by atoms with van der Waals surface area (Å²) < 4.78 is 16.1. The maximum Gasteiger partial charge on any atom is 0.410 e. The molecular weight excluding hydrogens is 434 g/mol. The molecule has 0 bridgehead atoms. The molecule has 2 N–H and O–H groups in total. The van der Waals surface area contributed by atoms with E-state index in [0.29, 0.717) is 60.3 Å². The number of ether oxygens (including phenoxy) is 3. The molecule has 0 radical (unpaired) electrons. The fourth-order valence-corrected chi connectivity index (χ4v) is 3.51. The summed E-state index contributed by atoms with van der Waals surface area (Å²) >= 11 is 0. The normalized spacial score (nSPS) is 13.4. The number of hydrogen-bond acceptors (Lipinski definition) is 8.